The molecule has 0 saturated heterocycles. The number of nitrogens with two attached hydrogens (primary N) is 2. The number of hydrogen-bond acceptors (Lipinski definition) is 23. The second-order valence-corrected chi connectivity index (χ2v) is 29.1. The maximum absolute atomic E-state index is 13.3. The summed E-state index contributed by atoms with van der Waals surface area (Å²) in [4.78, 5) is 10.1. The van der Waals surface area contributed by atoms with Gasteiger partial charge in [0.15, 0.2) is 29.5 Å². The number of carbonyl (C=O) groups is 1. The van der Waals surface area contributed by atoms with Gasteiger partial charge in [-0.3, -0.25) is 22.8 Å². The van der Waals surface area contributed by atoms with Gasteiger partial charge in [0.2, 0.25) is 0 Å². The molecule has 0 aliphatic carbocycles. The Morgan fingerprint density at radius 3 is 1.18 bits per heavy atom. The normalized spacial score (nSPS) is 13.4. The van der Waals surface area contributed by atoms with E-state index in [-0.39, 0.29) is 43.4 Å². The zero-order valence-electron chi connectivity index (χ0n) is 42.0. The number of nitrogen functional groups attached to an aromatic ring is 2. The highest BCUT2D eigenvalue weighted by atomic mass is 32.3. The van der Waals surface area contributed by atoms with Crippen LogP contribution < -0.4 is 16.2 Å². The maximum Gasteiger partial charge on any atom is 0.397 e. The van der Waals surface area contributed by atoms with Gasteiger partial charge in [-0.1, -0.05) is 78.9 Å². The number of hydrogen-bond donors (Lipinski definition) is 8. The molecule has 37 heteroatoms. The number of carboxylic acids is 1. The minimum atomic E-state index is -5.33. The number of aromatic carboxylic acids is 1. The molecular formula is C46H46N2O27S8. The van der Waals surface area contributed by atoms with Crippen LogP contribution in [0.2, 0.25) is 0 Å². The van der Waals surface area contributed by atoms with E-state index in [0.717, 1.165) is 78.9 Å². The van der Waals surface area contributed by atoms with Crippen molar-refractivity contribution in [1.29, 1.82) is 0 Å². The number of carboxylic acid groups (broad SMARTS) is 1. The second-order valence-electron chi connectivity index (χ2n) is 16.7. The highest BCUT2D eigenvalue weighted by Crippen LogP contribution is 2.38. The lowest BCUT2D eigenvalue weighted by Gasteiger charge is -2.17. The second kappa shape index (κ2) is 26.0. The summed E-state index contributed by atoms with van der Waals surface area (Å²) < 4.78 is 258. The molecule has 0 saturated carbocycles. The minimum Gasteiger partial charge on any atom is -0.496 e. The predicted octanol–water partition coefficient (Wildman–Crippen LogP) is 3.51. The average molecular weight is 1320 g/mol. The van der Waals surface area contributed by atoms with E-state index in [9.17, 15) is 86.3 Å². The summed E-state index contributed by atoms with van der Waals surface area (Å²) in [6.45, 7) is -2.94. The molecule has 0 spiro atoms. The molecule has 0 heterocycles. The number of methoxy groups -OCH3 is 1. The largest absolute Gasteiger partial charge is 0.496 e. The highest BCUT2D eigenvalue weighted by molar-refractivity contribution is 7.92. The highest BCUT2D eigenvalue weighted by Gasteiger charge is 2.26. The molecule has 83 heavy (non-hydrogen) atoms. The molecule has 29 nitrogen and oxygen atoms in total. The molecule has 0 aliphatic rings. The zero-order valence-corrected chi connectivity index (χ0v) is 48.6. The van der Waals surface area contributed by atoms with Gasteiger partial charge in [-0.05, 0) is 70.8 Å². The summed E-state index contributed by atoms with van der Waals surface area (Å²) in [5, 5.41) is 10.8. The maximum atomic E-state index is 13.3. The molecule has 5 rings (SSSR count). The van der Waals surface area contributed by atoms with Crippen LogP contribution in [-0.4, -0.2) is 145 Å². The summed E-state index contributed by atoms with van der Waals surface area (Å²) in [7, 11) is -37.2. The third kappa shape index (κ3) is 18.9. The average Bonchev–Trinajstić information content (AvgIpc) is 3.57. The fraction of sp³-hybridized carbons (Fsp3) is 0.152. The van der Waals surface area contributed by atoms with Gasteiger partial charge in [0.1, 0.15) is 15.5 Å². The Morgan fingerprint density at radius 1 is 0.434 bits per heavy atom. The Morgan fingerprint density at radius 2 is 0.783 bits per heavy atom. The topological polar surface area (TPSA) is 501 Å². The van der Waals surface area contributed by atoms with Crippen LogP contribution in [0.1, 0.15) is 54.9 Å². The smallest absolute Gasteiger partial charge is 0.397 e. The molecule has 0 aromatic heterocycles. The number of benzene rings is 5. The summed E-state index contributed by atoms with van der Waals surface area (Å²) in [5.74, 6) is -4.63. The van der Waals surface area contributed by atoms with Crippen molar-refractivity contribution in [3.63, 3.8) is 0 Å². The molecule has 0 bridgehead atoms. The van der Waals surface area contributed by atoms with Gasteiger partial charge in [-0.15, -0.1) is 0 Å². The Kier molecular flexibility index (Phi) is 21.0. The van der Waals surface area contributed by atoms with Crippen LogP contribution in [0.3, 0.4) is 0 Å². The fourth-order valence-electron chi connectivity index (χ4n) is 7.31. The lowest BCUT2D eigenvalue weighted by molar-refractivity contribution is 0.0696. The van der Waals surface area contributed by atoms with E-state index < -0.39 is 167 Å². The van der Waals surface area contributed by atoms with Gasteiger partial charge in [0.05, 0.1) is 64.4 Å². The Bertz CT molecular complexity index is 4430. The fourth-order valence-corrected chi connectivity index (χ4v) is 13.3. The van der Waals surface area contributed by atoms with Crippen molar-refractivity contribution in [1.82, 2.24) is 0 Å². The number of anilines is 2. The number of sulfone groups is 3. The first-order chi connectivity index (χ1) is 38.1. The van der Waals surface area contributed by atoms with Crippen LogP contribution in [0.15, 0.2) is 103 Å². The summed E-state index contributed by atoms with van der Waals surface area (Å²) in [6, 6.07) is 13.9. The van der Waals surface area contributed by atoms with Gasteiger partial charge < -0.3 is 21.3 Å². The minimum absolute atomic E-state index is 0.00716. The van der Waals surface area contributed by atoms with Crippen molar-refractivity contribution < 1.29 is 117 Å². The van der Waals surface area contributed by atoms with Crippen molar-refractivity contribution in [2.75, 3.05) is 55.7 Å². The third-order valence-corrected chi connectivity index (χ3v) is 19.4. The molecular weight excluding hydrogens is 1270 g/mol. The molecule has 450 valence electrons. The van der Waals surface area contributed by atoms with Crippen LogP contribution in [-0.2, 0) is 93.5 Å². The zero-order chi connectivity index (χ0) is 62.3. The third-order valence-electron chi connectivity index (χ3n) is 11.2. The quantitative estimate of drug-likeness (QED) is 0.0212. The summed E-state index contributed by atoms with van der Waals surface area (Å²) >= 11 is 0. The van der Waals surface area contributed by atoms with Crippen molar-refractivity contribution in [2.24, 2.45) is 0 Å². The number of rotatable bonds is 27. The molecule has 5 aromatic rings. The van der Waals surface area contributed by atoms with Gasteiger partial charge in [-0.25, -0.2) is 42.6 Å². The molecule has 0 aliphatic heterocycles. The van der Waals surface area contributed by atoms with Gasteiger partial charge in [0.25, 0.3) is 20.2 Å². The van der Waals surface area contributed by atoms with Crippen LogP contribution in [0.25, 0.3) is 48.6 Å². The lowest BCUT2D eigenvalue weighted by atomic mass is 9.91. The van der Waals surface area contributed by atoms with Crippen LogP contribution >= 0.6 is 0 Å². The van der Waals surface area contributed by atoms with Gasteiger partial charge in [0, 0.05) is 33.6 Å². The first-order valence-electron chi connectivity index (χ1n) is 22.4. The van der Waals surface area contributed by atoms with Gasteiger partial charge >= 0.3 is 37.2 Å². The standard InChI is InChI=1S/C46H46N2O27S8/c1-72-40-26-33(41(79(57,58)59)27-32(40)8-2-29-3-12-34(13-4-29)76(51,52)23-20-73-81(63,64)65)11-18-38-43(46(49)50)37(17-7-30-5-14-35(15-6-30)77(53,54)24-21-74-82(66,67)68)44(47)39(45(38)48)19-10-31-9-16-36(28-42(31)80(60,61)62)78(55,56)25-22-75-83(69,70)71/h2-19,26-28H,20-25,47-48H2,1H3,(H,49,50)(H,57,58,59)(H,60,61,62)(H,63,64,65)(H,66,67,68)(H,69,70,71)/b8-2+,17-7+,18-11+,19-10+. The monoisotopic (exact) mass is 1310 g/mol. The molecule has 0 radical (unpaired) electrons. The van der Waals surface area contributed by atoms with Crippen molar-refractivity contribution >= 4 is 147 Å². The summed E-state index contributed by atoms with van der Waals surface area (Å²) in [6.07, 6.45) is 8.97. The SMILES string of the molecule is COc1cc(/C=C/c2c(N)c(/C=C/c3ccc(S(=O)(=O)CCOS(=O)(=O)O)cc3S(=O)(=O)O)c(N)c(/C=C/c3ccc(S(=O)(=O)CCOS(=O)(=O)O)cc3)c2C(=O)O)c(S(=O)(=O)O)cc1/C=C/c1ccc(S(=O)(=O)CCOS(=O)(=O)O)cc1. The van der Waals surface area contributed by atoms with Crippen molar-refractivity contribution in [3.8, 4) is 5.75 Å². The van der Waals surface area contributed by atoms with E-state index >= 15 is 0 Å². The Balaban J connectivity index is 1.67. The van der Waals surface area contributed by atoms with Gasteiger partial charge in [-0.2, -0.15) is 42.1 Å². The van der Waals surface area contributed by atoms with E-state index in [1.165, 1.54) is 49.6 Å². The predicted molar refractivity (Wildman–Crippen MR) is 299 cm³/mol. The van der Waals surface area contributed by atoms with E-state index in [4.69, 9.17) is 29.9 Å². The number of ether oxygens (including phenoxy) is 1. The molecule has 0 amide bonds. The van der Waals surface area contributed by atoms with E-state index in [0.29, 0.717) is 11.6 Å². The summed E-state index contributed by atoms with van der Waals surface area (Å²) in [5.41, 5.74) is 10.1. The molecule has 5 aromatic carbocycles. The lowest BCUT2D eigenvalue weighted by Crippen LogP contribution is -2.16. The molecule has 10 N–H and O–H groups in total. The van der Waals surface area contributed by atoms with Crippen molar-refractivity contribution in [2.45, 2.75) is 24.5 Å². The Labute approximate surface area is 475 Å². The molecule has 0 fully saturated rings. The first-order valence-corrected chi connectivity index (χ1v) is 34.3. The Hall–Kier alpha value is -6.79. The van der Waals surface area contributed by atoms with E-state index in [1.54, 1.807) is 0 Å². The van der Waals surface area contributed by atoms with Crippen LogP contribution in [0, 0.1) is 0 Å². The molecule has 0 unspecified atom stereocenters. The van der Waals surface area contributed by atoms with Crippen LogP contribution in [0.5, 0.6) is 5.75 Å². The molecule has 0 atom stereocenters. The first kappa shape index (κ1) is 67.0. The van der Waals surface area contributed by atoms with Crippen LogP contribution in [0.4, 0.5) is 11.4 Å². The van der Waals surface area contributed by atoms with Crippen molar-refractivity contribution in [3.05, 3.63) is 129 Å². The van der Waals surface area contributed by atoms with E-state index in [2.05, 4.69) is 12.5 Å². The van der Waals surface area contributed by atoms with E-state index in [1.807, 2.05) is 0 Å².